The Morgan fingerprint density at radius 3 is 2.53 bits per heavy atom. The number of benzene rings is 2. The number of nitrogens with two attached hydrogens (primary N) is 1. The average molecular weight is 259 g/mol. The second-order valence-corrected chi connectivity index (χ2v) is 4.64. The van der Waals surface area contributed by atoms with Crippen LogP contribution in [-0.2, 0) is 0 Å². The summed E-state index contributed by atoms with van der Waals surface area (Å²) in [5.74, 6) is 0.474. The number of aryl methyl sites for hydroxylation is 2. The molecular formula is C16H18FNO. The lowest BCUT2D eigenvalue weighted by atomic mass is 10.1. The Morgan fingerprint density at radius 1 is 1.11 bits per heavy atom. The molecule has 1 atom stereocenters. The fourth-order valence-corrected chi connectivity index (χ4v) is 1.91. The molecule has 0 amide bonds. The van der Waals surface area contributed by atoms with Gasteiger partial charge in [0.1, 0.15) is 17.7 Å². The maximum Gasteiger partial charge on any atom is 0.136 e. The van der Waals surface area contributed by atoms with E-state index in [4.69, 9.17) is 10.5 Å². The lowest BCUT2D eigenvalue weighted by Crippen LogP contribution is -2.18. The third-order valence-corrected chi connectivity index (χ3v) is 3.19. The molecule has 2 N–H and O–H groups in total. The van der Waals surface area contributed by atoms with Gasteiger partial charge in [0.25, 0.3) is 0 Å². The molecule has 0 fully saturated rings. The maximum absolute atomic E-state index is 13.2. The number of ether oxygens (including phenoxy) is 1. The van der Waals surface area contributed by atoms with E-state index in [-0.39, 0.29) is 11.9 Å². The molecule has 0 heterocycles. The third-order valence-electron chi connectivity index (χ3n) is 3.19. The Kier molecular flexibility index (Phi) is 4.17. The maximum atomic E-state index is 13.2. The topological polar surface area (TPSA) is 35.2 Å². The van der Waals surface area contributed by atoms with Crippen molar-refractivity contribution in [3.05, 3.63) is 65.0 Å². The molecule has 2 nitrogen and oxygen atoms in total. The van der Waals surface area contributed by atoms with Gasteiger partial charge in [0, 0.05) is 6.54 Å². The predicted octanol–water partition coefficient (Wildman–Crippen LogP) is 3.52. The van der Waals surface area contributed by atoms with Gasteiger partial charge in [-0.1, -0.05) is 18.2 Å². The Balaban J connectivity index is 2.21. The molecule has 19 heavy (non-hydrogen) atoms. The minimum absolute atomic E-state index is 0.278. The van der Waals surface area contributed by atoms with Crippen LogP contribution in [0.15, 0.2) is 42.5 Å². The van der Waals surface area contributed by atoms with Crippen molar-refractivity contribution in [3.63, 3.8) is 0 Å². The smallest absolute Gasteiger partial charge is 0.136 e. The summed E-state index contributed by atoms with van der Waals surface area (Å²) in [5.41, 5.74) is 8.84. The molecule has 0 aliphatic carbocycles. The van der Waals surface area contributed by atoms with Crippen molar-refractivity contribution in [1.82, 2.24) is 0 Å². The van der Waals surface area contributed by atoms with Gasteiger partial charge in [0.2, 0.25) is 0 Å². The molecule has 0 aliphatic heterocycles. The number of halogens is 1. The summed E-state index contributed by atoms with van der Waals surface area (Å²) >= 11 is 0. The van der Waals surface area contributed by atoms with Crippen molar-refractivity contribution >= 4 is 0 Å². The van der Waals surface area contributed by atoms with E-state index in [1.807, 2.05) is 38.1 Å². The van der Waals surface area contributed by atoms with Gasteiger partial charge in [-0.15, -0.1) is 0 Å². The van der Waals surface area contributed by atoms with Gasteiger partial charge in [0.15, 0.2) is 0 Å². The number of hydrogen-bond acceptors (Lipinski definition) is 2. The fraction of sp³-hybridized carbons (Fsp3) is 0.250. The number of hydrogen-bond donors (Lipinski definition) is 1. The minimum atomic E-state index is -0.335. The van der Waals surface area contributed by atoms with Gasteiger partial charge < -0.3 is 10.5 Å². The van der Waals surface area contributed by atoms with E-state index in [1.165, 1.54) is 17.7 Å². The molecule has 0 bridgehead atoms. The highest BCUT2D eigenvalue weighted by Gasteiger charge is 2.12. The Hall–Kier alpha value is -1.87. The largest absolute Gasteiger partial charge is 0.484 e. The molecule has 3 heteroatoms. The van der Waals surface area contributed by atoms with Gasteiger partial charge >= 0.3 is 0 Å². The van der Waals surface area contributed by atoms with E-state index in [0.29, 0.717) is 6.54 Å². The van der Waals surface area contributed by atoms with Crippen LogP contribution < -0.4 is 10.5 Å². The van der Waals surface area contributed by atoms with Gasteiger partial charge in [-0.05, 0) is 54.8 Å². The van der Waals surface area contributed by atoms with Gasteiger partial charge in [-0.3, -0.25) is 0 Å². The molecule has 0 saturated carbocycles. The van der Waals surface area contributed by atoms with Crippen LogP contribution in [0.1, 0.15) is 22.8 Å². The van der Waals surface area contributed by atoms with E-state index in [1.54, 1.807) is 6.07 Å². The van der Waals surface area contributed by atoms with Crippen molar-refractivity contribution < 1.29 is 9.13 Å². The van der Waals surface area contributed by atoms with Crippen LogP contribution in [0.4, 0.5) is 4.39 Å². The van der Waals surface area contributed by atoms with E-state index < -0.39 is 0 Å². The zero-order valence-corrected chi connectivity index (χ0v) is 11.2. The molecule has 0 radical (unpaired) electrons. The molecule has 2 rings (SSSR count). The zero-order chi connectivity index (χ0) is 13.8. The predicted molar refractivity (Wildman–Crippen MR) is 74.7 cm³/mol. The van der Waals surface area contributed by atoms with Crippen LogP contribution in [-0.4, -0.2) is 6.54 Å². The highest BCUT2D eigenvalue weighted by atomic mass is 19.1. The van der Waals surface area contributed by atoms with Crippen LogP contribution in [0.5, 0.6) is 5.75 Å². The molecule has 0 saturated heterocycles. The third kappa shape index (κ3) is 3.32. The first kappa shape index (κ1) is 13.6. The van der Waals surface area contributed by atoms with Crippen molar-refractivity contribution in [2.24, 2.45) is 5.73 Å². The molecule has 0 aliphatic rings. The summed E-state index contributed by atoms with van der Waals surface area (Å²) in [5, 5.41) is 0. The molecule has 2 aromatic rings. The van der Waals surface area contributed by atoms with Gasteiger partial charge in [-0.2, -0.15) is 0 Å². The molecule has 2 aromatic carbocycles. The average Bonchev–Trinajstić information content (AvgIpc) is 2.40. The molecule has 100 valence electrons. The van der Waals surface area contributed by atoms with Crippen molar-refractivity contribution in [2.75, 3.05) is 6.54 Å². The van der Waals surface area contributed by atoms with Crippen LogP contribution in [0.2, 0.25) is 0 Å². The van der Waals surface area contributed by atoms with Crippen LogP contribution in [0, 0.1) is 19.7 Å². The Labute approximate surface area is 113 Å². The SMILES string of the molecule is Cc1ccc(OC(CN)c2cccc(F)c2)cc1C. The summed E-state index contributed by atoms with van der Waals surface area (Å²) in [6.45, 7) is 4.38. The summed E-state index contributed by atoms with van der Waals surface area (Å²) in [6, 6.07) is 12.2. The molecular weight excluding hydrogens is 241 g/mol. The van der Waals surface area contributed by atoms with Crippen LogP contribution >= 0.6 is 0 Å². The zero-order valence-electron chi connectivity index (χ0n) is 11.2. The standard InChI is InChI=1S/C16H18FNO/c1-11-6-7-15(8-12(11)2)19-16(10-18)13-4-3-5-14(17)9-13/h3-9,16H,10,18H2,1-2H3. The van der Waals surface area contributed by atoms with E-state index >= 15 is 0 Å². The highest BCUT2D eigenvalue weighted by molar-refractivity contribution is 5.34. The first-order chi connectivity index (χ1) is 9.10. The molecule has 0 aromatic heterocycles. The lowest BCUT2D eigenvalue weighted by Gasteiger charge is -2.18. The summed E-state index contributed by atoms with van der Waals surface area (Å²) in [4.78, 5) is 0. The highest BCUT2D eigenvalue weighted by Crippen LogP contribution is 2.23. The Bertz CT molecular complexity index is 568. The van der Waals surface area contributed by atoms with Gasteiger partial charge in [0.05, 0.1) is 0 Å². The fourth-order valence-electron chi connectivity index (χ4n) is 1.91. The summed E-state index contributed by atoms with van der Waals surface area (Å²) in [6.07, 6.45) is -0.335. The number of rotatable bonds is 4. The van der Waals surface area contributed by atoms with Crippen molar-refractivity contribution in [1.29, 1.82) is 0 Å². The Morgan fingerprint density at radius 2 is 1.89 bits per heavy atom. The second kappa shape index (κ2) is 5.85. The monoisotopic (exact) mass is 259 g/mol. The minimum Gasteiger partial charge on any atom is -0.484 e. The van der Waals surface area contributed by atoms with Crippen LogP contribution in [0.25, 0.3) is 0 Å². The van der Waals surface area contributed by atoms with E-state index in [0.717, 1.165) is 16.9 Å². The van der Waals surface area contributed by atoms with Crippen molar-refractivity contribution in [2.45, 2.75) is 20.0 Å². The summed E-state index contributed by atoms with van der Waals surface area (Å²) in [7, 11) is 0. The van der Waals surface area contributed by atoms with E-state index in [9.17, 15) is 4.39 Å². The summed E-state index contributed by atoms with van der Waals surface area (Å²) < 4.78 is 19.1. The first-order valence-corrected chi connectivity index (χ1v) is 6.29. The molecule has 0 spiro atoms. The van der Waals surface area contributed by atoms with Gasteiger partial charge in [-0.25, -0.2) is 4.39 Å². The van der Waals surface area contributed by atoms with Crippen LogP contribution in [0.3, 0.4) is 0 Å². The first-order valence-electron chi connectivity index (χ1n) is 6.29. The lowest BCUT2D eigenvalue weighted by molar-refractivity contribution is 0.213. The quantitative estimate of drug-likeness (QED) is 0.911. The normalized spacial score (nSPS) is 12.2. The van der Waals surface area contributed by atoms with Crippen molar-refractivity contribution in [3.8, 4) is 5.75 Å². The van der Waals surface area contributed by atoms with E-state index in [2.05, 4.69) is 0 Å². The second-order valence-electron chi connectivity index (χ2n) is 4.64. The molecule has 1 unspecified atom stereocenters.